The normalized spacial score (nSPS) is 15.0. The lowest BCUT2D eigenvalue weighted by Crippen LogP contribution is -2.44. The summed E-state index contributed by atoms with van der Waals surface area (Å²) >= 11 is 1.45. The molecule has 0 radical (unpaired) electrons. The number of nitrogens with zero attached hydrogens (tertiary/aromatic N) is 6. The second-order valence-electron chi connectivity index (χ2n) is 10.4. The first-order valence-corrected chi connectivity index (χ1v) is 13.0. The van der Waals surface area contributed by atoms with E-state index in [1.54, 1.807) is 12.5 Å². The molecule has 10 heteroatoms. The third-order valence-electron chi connectivity index (χ3n) is 6.51. The predicted octanol–water partition coefficient (Wildman–Crippen LogP) is 3.76. The van der Waals surface area contributed by atoms with Crippen molar-refractivity contribution in [3.63, 3.8) is 0 Å². The van der Waals surface area contributed by atoms with Crippen LogP contribution in [0.1, 0.15) is 46.6 Å². The molecule has 9 nitrogen and oxygen atoms in total. The Morgan fingerprint density at radius 3 is 2.61 bits per heavy atom. The summed E-state index contributed by atoms with van der Waals surface area (Å²) in [6.45, 7) is 12.7. The molecule has 3 aromatic heterocycles. The Hall–Kier alpha value is -3.37. The van der Waals surface area contributed by atoms with Crippen molar-refractivity contribution in [2.24, 2.45) is 0 Å². The minimum absolute atomic E-state index is 0.0675. The van der Waals surface area contributed by atoms with Gasteiger partial charge < -0.3 is 20.1 Å². The van der Waals surface area contributed by atoms with Gasteiger partial charge in [0.05, 0.1) is 16.9 Å². The van der Waals surface area contributed by atoms with Gasteiger partial charge in [0.1, 0.15) is 16.7 Å². The molecule has 0 bridgehead atoms. The van der Waals surface area contributed by atoms with Gasteiger partial charge in [-0.05, 0) is 31.2 Å². The number of likely N-dealkylation sites (N-methyl/N-ethyl adjacent to an activating group) is 1. The van der Waals surface area contributed by atoms with E-state index in [9.17, 15) is 4.79 Å². The molecule has 36 heavy (non-hydrogen) atoms. The molecule has 4 aromatic rings. The van der Waals surface area contributed by atoms with Gasteiger partial charge >= 0.3 is 0 Å². The number of hydrogen-bond acceptors (Lipinski definition) is 8. The Kier molecular flexibility index (Phi) is 6.48. The fraction of sp³-hybridized carbons (Fsp3) is 0.423. The van der Waals surface area contributed by atoms with Gasteiger partial charge in [-0.1, -0.05) is 32.9 Å². The summed E-state index contributed by atoms with van der Waals surface area (Å²) in [7, 11) is 2.14. The van der Waals surface area contributed by atoms with Gasteiger partial charge in [-0.15, -0.1) is 11.3 Å². The van der Waals surface area contributed by atoms with E-state index >= 15 is 0 Å². The molecule has 1 saturated heterocycles. The highest BCUT2D eigenvalue weighted by atomic mass is 32.1. The fourth-order valence-corrected chi connectivity index (χ4v) is 5.12. The number of piperazine rings is 1. The molecule has 1 aliphatic heterocycles. The summed E-state index contributed by atoms with van der Waals surface area (Å²) in [6, 6.07) is 6.19. The van der Waals surface area contributed by atoms with Crippen LogP contribution in [0.25, 0.3) is 22.4 Å². The van der Waals surface area contributed by atoms with Crippen molar-refractivity contribution >= 4 is 34.4 Å². The lowest BCUT2D eigenvalue weighted by molar-refractivity contribution is 0.0954. The van der Waals surface area contributed by atoms with E-state index in [0.717, 1.165) is 65.0 Å². The highest BCUT2D eigenvalue weighted by Crippen LogP contribution is 2.29. The molecule has 188 valence electrons. The molecule has 0 saturated carbocycles. The van der Waals surface area contributed by atoms with E-state index in [0.29, 0.717) is 17.1 Å². The number of benzene rings is 1. The van der Waals surface area contributed by atoms with Gasteiger partial charge in [-0.25, -0.2) is 15.0 Å². The summed E-state index contributed by atoms with van der Waals surface area (Å²) in [5.41, 5.74) is 5.39. The number of thiazole rings is 1. The van der Waals surface area contributed by atoms with Gasteiger partial charge in [-0.3, -0.25) is 4.79 Å². The number of anilines is 1. The Balaban J connectivity index is 1.32. The third kappa shape index (κ3) is 4.96. The Bertz CT molecular complexity index is 1390. The van der Waals surface area contributed by atoms with Crippen molar-refractivity contribution in [3.05, 3.63) is 51.7 Å². The topological polar surface area (TPSA) is 103 Å². The number of aryl methyl sites for hydroxylation is 1. The van der Waals surface area contributed by atoms with Crippen LogP contribution in [-0.4, -0.2) is 69.0 Å². The summed E-state index contributed by atoms with van der Waals surface area (Å²) in [5.74, 6) is 0.742. The van der Waals surface area contributed by atoms with Crippen LogP contribution >= 0.6 is 11.3 Å². The second-order valence-corrected chi connectivity index (χ2v) is 11.4. The number of imidazole rings is 1. The molecule has 1 aromatic carbocycles. The molecular weight excluding hydrogens is 472 g/mol. The van der Waals surface area contributed by atoms with E-state index in [4.69, 9.17) is 4.98 Å². The number of carbonyl (C=O) groups is 1. The van der Waals surface area contributed by atoms with Crippen molar-refractivity contribution in [1.29, 1.82) is 0 Å². The van der Waals surface area contributed by atoms with E-state index < -0.39 is 0 Å². The number of rotatable bonds is 5. The molecule has 1 amide bonds. The Morgan fingerprint density at radius 2 is 1.92 bits per heavy atom. The maximum atomic E-state index is 12.7. The smallest absolute Gasteiger partial charge is 0.263 e. The van der Waals surface area contributed by atoms with Crippen LogP contribution in [0.4, 0.5) is 5.95 Å². The van der Waals surface area contributed by atoms with Crippen molar-refractivity contribution in [2.75, 3.05) is 38.1 Å². The van der Waals surface area contributed by atoms with Crippen molar-refractivity contribution < 1.29 is 4.79 Å². The lowest BCUT2D eigenvalue weighted by atomic mass is 9.98. The third-order valence-corrected chi connectivity index (χ3v) is 7.93. The quantitative estimate of drug-likeness (QED) is 0.427. The van der Waals surface area contributed by atoms with E-state index in [1.807, 2.05) is 12.1 Å². The van der Waals surface area contributed by atoms with Crippen LogP contribution in [0.15, 0.2) is 30.7 Å². The van der Waals surface area contributed by atoms with Crippen LogP contribution in [-0.2, 0) is 12.0 Å². The maximum Gasteiger partial charge on any atom is 0.263 e. The molecule has 0 atom stereocenters. The lowest BCUT2D eigenvalue weighted by Gasteiger charge is -2.31. The van der Waals surface area contributed by atoms with Gasteiger partial charge in [-0.2, -0.15) is 4.98 Å². The molecule has 0 aliphatic carbocycles. The largest absolute Gasteiger partial charge is 0.347 e. The number of fused-ring (bicyclic) bond motifs is 1. The molecule has 0 spiro atoms. The maximum absolute atomic E-state index is 12.7. The molecule has 2 N–H and O–H groups in total. The average Bonchev–Trinajstić information content (AvgIpc) is 3.51. The Morgan fingerprint density at radius 1 is 1.14 bits per heavy atom. The number of amides is 1. The zero-order chi connectivity index (χ0) is 25.4. The minimum atomic E-state index is -0.0992. The van der Waals surface area contributed by atoms with Crippen LogP contribution in [0.3, 0.4) is 0 Å². The van der Waals surface area contributed by atoms with Gasteiger partial charge in [0, 0.05) is 43.7 Å². The Labute approximate surface area is 215 Å². The molecular formula is C26H32N8OS. The van der Waals surface area contributed by atoms with Crippen molar-refractivity contribution in [2.45, 2.75) is 39.7 Å². The number of nitrogens with one attached hydrogen (secondary N) is 2. The number of H-pyrrole nitrogens is 1. The van der Waals surface area contributed by atoms with Crippen LogP contribution in [0.5, 0.6) is 0 Å². The molecule has 1 fully saturated rings. The number of aromatic amines is 1. The predicted molar refractivity (Wildman–Crippen MR) is 144 cm³/mol. The van der Waals surface area contributed by atoms with E-state index in [1.165, 1.54) is 11.3 Å². The second kappa shape index (κ2) is 9.59. The average molecular weight is 505 g/mol. The van der Waals surface area contributed by atoms with Crippen LogP contribution < -0.4 is 10.2 Å². The number of carbonyl (C=O) groups excluding carboxylic acids is 1. The molecule has 5 rings (SSSR count). The number of hydrogen-bond donors (Lipinski definition) is 2. The van der Waals surface area contributed by atoms with Crippen LogP contribution in [0, 0.1) is 6.92 Å². The minimum Gasteiger partial charge on any atom is -0.347 e. The SMILES string of the molecule is Cc1cc(-c2ncnc3nc(N4CCN(C)CC4)[nH]c23)ccc1CNC(=O)c1cnc(C(C)(C)C)s1. The first kappa shape index (κ1) is 24.3. The summed E-state index contributed by atoms with van der Waals surface area (Å²) in [5, 5.41) is 3.99. The van der Waals surface area contributed by atoms with E-state index in [-0.39, 0.29) is 11.3 Å². The first-order chi connectivity index (χ1) is 17.2. The first-order valence-electron chi connectivity index (χ1n) is 12.2. The standard InChI is InChI=1S/C26H32N8OS/c1-16-12-17(6-7-18(16)13-27-23(35)19-14-28-24(36-19)26(2,3)4)20-21-22(30-15-29-20)32-25(31-21)34-10-8-33(5)9-11-34/h6-7,12,14-15H,8-11,13H2,1-5H3,(H,27,35)(H,29,30,31,32). The highest BCUT2D eigenvalue weighted by molar-refractivity contribution is 7.13. The molecule has 4 heterocycles. The zero-order valence-electron chi connectivity index (χ0n) is 21.4. The van der Waals surface area contributed by atoms with Crippen molar-refractivity contribution in [3.8, 4) is 11.3 Å². The van der Waals surface area contributed by atoms with Gasteiger partial charge in [0.15, 0.2) is 5.65 Å². The highest BCUT2D eigenvalue weighted by Gasteiger charge is 2.21. The number of aromatic nitrogens is 5. The molecule has 1 aliphatic rings. The van der Waals surface area contributed by atoms with Gasteiger partial charge in [0.25, 0.3) is 5.91 Å². The fourth-order valence-electron chi connectivity index (χ4n) is 4.23. The summed E-state index contributed by atoms with van der Waals surface area (Å²) in [4.78, 5) is 39.5. The van der Waals surface area contributed by atoms with Gasteiger partial charge in [0.2, 0.25) is 5.95 Å². The zero-order valence-corrected chi connectivity index (χ0v) is 22.2. The molecule has 0 unspecified atom stereocenters. The van der Waals surface area contributed by atoms with Crippen molar-refractivity contribution in [1.82, 2.24) is 35.1 Å². The summed E-state index contributed by atoms with van der Waals surface area (Å²) < 4.78 is 0. The monoisotopic (exact) mass is 504 g/mol. The van der Waals surface area contributed by atoms with E-state index in [2.05, 4.69) is 75.9 Å². The van der Waals surface area contributed by atoms with Crippen LogP contribution in [0.2, 0.25) is 0 Å². The summed E-state index contributed by atoms with van der Waals surface area (Å²) in [6.07, 6.45) is 3.23.